The number of carbonyl (C=O) groups is 2. The van der Waals surface area contributed by atoms with Crippen molar-refractivity contribution in [2.75, 3.05) is 13.1 Å². The zero-order chi connectivity index (χ0) is 17.7. The molecule has 1 aliphatic heterocycles. The second-order valence-electron chi connectivity index (χ2n) is 6.80. The molecule has 1 fully saturated rings. The number of rotatable bonds is 6. The molecule has 0 aromatic heterocycles. The van der Waals surface area contributed by atoms with Crippen LogP contribution >= 0.6 is 7.60 Å². The quantitative estimate of drug-likeness (QED) is 0.585. The molecule has 0 aromatic rings. The molecule has 0 bridgehead atoms. The normalized spacial score (nSPS) is 20.7. The minimum absolute atomic E-state index is 0.0149. The second kappa shape index (κ2) is 8.27. The molecule has 1 aliphatic rings. The smallest absolute Gasteiger partial charge is 0.410 e. The summed E-state index contributed by atoms with van der Waals surface area (Å²) in [5, 5.41) is 0. The average Bonchev–Trinajstić information content (AvgIpc) is 2.43. The van der Waals surface area contributed by atoms with E-state index in [1.54, 1.807) is 32.6 Å². The van der Waals surface area contributed by atoms with Crippen LogP contribution in [0, 0.1) is 0 Å². The van der Waals surface area contributed by atoms with E-state index in [9.17, 15) is 19.0 Å². The molecule has 1 amide bonds. The fourth-order valence-corrected chi connectivity index (χ4v) is 4.04. The summed E-state index contributed by atoms with van der Waals surface area (Å²) >= 11 is 0. The van der Waals surface area contributed by atoms with E-state index in [2.05, 4.69) is 0 Å². The third-order valence-electron chi connectivity index (χ3n) is 3.69. The van der Waals surface area contributed by atoms with Gasteiger partial charge in [0.1, 0.15) is 11.9 Å². The van der Waals surface area contributed by atoms with E-state index in [4.69, 9.17) is 9.26 Å². The van der Waals surface area contributed by atoms with Gasteiger partial charge in [0.15, 0.2) is 0 Å². The summed E-state index contributed by atoms with van der Waals surface area (Å²) in [6.07, 6.45) is 1.25. The molecule has 134 valence electrons. The van der Waals surface area contributed by atoms with E-state index < -0.39 is 18.9 Å². The van der Waals surface area contributed by atoms with Gasteiger partial charge in [-0.05, 0) is 40.0 Å². The van der Waals surface area contributed by atoms with Gasteiger partial charge < -0.3 is 23.8 Å². The van der Waals surface area contributed by atoms with Crippen LogP contribution in [0.4, 0.5) is 4.79 Å². The van der Waals surface area contributed by atoms with Crippen molar-refractivity contribution >= 4 is 20.0 Å². The van der Waals surface area contributed by atoms with Crippen molar-refractivity contribution in [2.24, 2.45) is 0 Å². The first kappa shape index (κ1) is 20.1. The van der Waals surface area contributed by atoms with Gasteiger partial charge in [0, 0.05) is 19.5 Å². The summed E-state index contributed by atoms with van der Waals surface area (Å²) in [5.41, 5.74) is -1.21. The molecule has 0 aromatic carbocycles. The Morgan fingerprint density at radius 3 is 2.39 bits per heavy atom. The Labute approximate surface area is 137 Å². The van der Waals surface area contributed by atoms with Gasteiger partial charge in [-0.15, -0.1) is 0 Å². The van der Waals surface area contributed by atoms with Gasteiger partial charge in [-0.25, -0.2) is 4.79 Å². The van der Waals surface area contributed by atoms with Crippen LogP contribution in [0.15, 0.2) is 0 Å². The number of carbonyl (C=O) groups excluding carboxylic acids is 2. The number of aldehydes is 1. The Morgan fingerprint density at radius 1 is 1.39 bits per heavy atom. The van der Waals surface area contributed by atoms with Crippen molar-refractivity contribution in [3.05, 3.63) is 0 Å². The fraction of sp³-hybridized carbons (Fsp3) is 0.867. The number of amides is 1. The molecule has 1 rings (SSSR count). The van der Waals surface area contributed by atoms with Crippen LogP contribution in [0.2, 0.25) is 0 Å². The van der Waals surface area contributed by atoms with Crippen molar-refractivity contribution in [3.8, 4) is 0 Å². The maximum Gasteiger partial charge on any atom is 0.410 e. The lowest BCUT2D eigenvalue weighted by atomic mass is 10.1. The molecule has 1 N–H and O–H groups in total. The molecule has 0 radical (unpaired) electrons. The molecule has 1 saturated heterocycles. The summed E-state index contributed by atoms with van der Waals surface area (Å²) in [5.74, 6) is 0. The molecular formula is C15H28NO6P. The second-order valence-corrected chi connectivity index (χ2v) is 8.87. The van der Waals surface area contributed by atoms with Crippen molar-refractivity contribution in [1.82, 2.24) is 4.90 Å². The Kier molecular flexibility index (Phi) is 7.24. The average molecular weight is 349 g/mol. The van der Waals surface area contributed by atoms with Crippen LogP contribution in [0.25, 0.3) is 0 Å². The van der Waals surface area contributed by atoms with Gasteiger partial charge in [-0.3, -0.25) is 4.57 Å². The first-order valence-corrected chi connectivity index (χ1v) is 9.66. The van der Waals surface area contributed by atoms with Gasteiger partial charge in [0.05, 0.1) is 11.8 Å². The van der Waals surface area contributed by atoms with E-state index in [1.807, 2.05) is 0 Å². The molecule has 2 atom stereocenters. The molecule has 8 heteroatoms. The number of likely N-dealkylation sites (tertiary alicyclic amines) is 1. The number of piperidine rings is 1. The highest BCUT2D eigenvalue weighted by molar-refractivity contribution is 7.53. The lowest BCUT2D eigenvalue weighted by Gasteiger charge is -2.34. The molecular weight excluding hydrogens is 321 g/mol. The number of hydrogen-bond donors (Lipinski definition) is 1. The van der Waals surface area contributed by atoms with Crippen LogP contribution in [0.3, 0.4) is 0 Å². The van der Waals surface area contributed by atoms with Crippen LogP contribution in [-0.2, 0) is 18.6 Å². The highest BCUT2D eigenvalue weighted by Crippen LogP contribution is 2.52. The molecule has 0 aliphatic carbocycles. The van der Waals surface area contributed by atoms with Crippen molar-refractivity contribution < 1.29 is 28.3 Å². The van der Waals surface area contributed by atoms with E-state index in [-0.39, 0.29) is 18.6 Å². The number of nitrogens with zero attached hydrogens (tertiary/aromatic N) is 1. The van der Waals surface area contributed by atoms with Gasteiger partial charge in [0.2, 0.25) is 0 Å². The van der Waals surface area contributed by atoms with Crippen molar-refractivity contribution in [3.63, 3.8) is 0 Å². The van der Waals surface area contributed by atoms with Gasteiger partial charge in [-0.2, -0.15) is 0 Å². The monoisotopic (exact) mass is 349 g/mol. The molecule has 23 heavy (non-hydrogen) atoms. The molecule has 7 nitrogen and oxygen atoms in total. The minimum Gasteiger partial charge on any atom is -0.444 e. The van der Waals surface area contributed by atoms with E-state index in [0.29, 0.717) is 38.6 Å². The Hall–Kier alpha value is -0.910. The SMILES string of the molecule is CCC(CC=O)P(=O)(O)OC1CCN(C(=O)OC(C)(C)C)CC1. The predicted molar refractivity (Wildman–Crippen MR) is 86.5 cm³/mol. The Balaban J connectivity index is 2.51. The molecule has 2 unspecified atom stereocenters. The van der Waals surface area contributed by atoms with E-state index >= 15 is 0 Å². The zero-order valence-electron chi connectivity index (χ0n) is 14.4. The molecule has 1 heterocycles. The maximum absolute atomic E-state index is 12.3. The number of hydrogen-bond acceptors (Lipinski definition) is 5. The summed E-state index contributed by atoms with van der Waals surface area (Å²) in [4.78, 5) is 34.2. The predicted octanol–water partition coefficient (Wildman–Crippen LogP) is 2.96. The summed E-state index contributed by atoms with van der Waals surface area (Å²) in [7, 11) is -3.83. The molecule has 0 saturated carbocycles. The summed E-state index contributed by atoms with van der Waals surface area (Å²) in [6.45, 7) is 8.02. The van der Waals surface area contributed by atoms with Crippen LogP contribution < -0.4 is 0 Å². The van der Waals surface area contributed by atoms with Crippen LogP contribution in [0.1, 0.15) is 53.4 Å². The molecule has 0 spiro atoms. The topological polar surface area (TPSA) is 93.1 Å². The standard InChI is InChI=1S/C15H28NO6P/c1-5-13(8-11-17)23(19,20)22-12-6-9-16(10-7-12)14(18)21-15(2,3)4/h11-13H,5-10H2,1-4H3,(H,19,20). The third kappa shape index (κ3) is 6.61. The maximum atomic E-state index is 12.3. The first-order valence-electron chi connectivity index (χ1n) is 8.01. The largest absolute Gasteiger partial charge is 0.444 e. The van der Waals surface area contributed by atoms with E-state index in [0.717, 1.165) is 0 Å². The number of ether oxygens (including phenoxy) is 1. The van der Waals surface area contributed by atoms with Gasteiger partial charge >= 0.3 is 13.7 Å². The Bertz CT molecular complexity index is 453. The van der Waals surface area contributed by atoms with Crippen LogP contribution in [-0.4, -0.2) is 52.6 Å². The highest BCUT2D eigenvalue weighted by atomic mass is 31.2. The Morgan fingerprint density at radius 2 is 1.96 bits per heavy atom. The van der Waals surface area contributed by atoms with Crippen molar-refractivity contribution in [2.45, 2.75) is 70.7 Å². The lowest BCUT2D eigenvalue weighted by Crippen LogP contribution is -2.43. The summed E-state index contributed by atoms with van der Waals surface area (Å²) in [6, 6.07) is 0. The summed E-state index contributed by atoms with van der Waals surface area (Å²) < 4.78 is 23.0. The van der Waals surface area contributed by atoms with E-state index in [1.165, 1.54) is 0 Å². The minimum atomic E-state index is -3.83. The van der Waals surface area contributed by atoms with Gasteiger partial charge in [-0.1, -0.05) is 6.92 Å². The highest BCUT2D eigenvalue weighted by Gasteiger charge is 2.36. The van der Waals surface area contributed by atoms with Crippen molar-refractivity contribution in [1.29, 1.82) is 0 Å². The first-order chi connectivity index (χ1) is 10.6. The fourth-order valence-electron chi connectivity index (χ4n) is 2.41. The van der Waals surface area contributed by atoms with Gasteiger partial charge in [0.25, 0.3) is 0 Å². The van der Waals surface area contributed by atoms with Crippen LogP contribution in [0.5, 0.6) is 0 Å². The lowest BCUT2D eigenvalue weighted by molar-refractivity contribution is -0.108. The third-order valence-corrected chi connectivity index (χ3v) is 5.79. The zero-order valence-corrected chi connectivity index (χ0v) is 15.3.